The van der Waals surface area contributed by atoms with Gasteiger partial charge in [-0.1, -0.05) is 0 Å². The summed E-state index contributed by atoms with van der Waals surface area (Å²) in [6, 6.07) is 0. The number of amides is 1. The summed E-state index contributed by atoms with van der Waals surface area (Å²) in [6.07, 6.45) is 1.12. The summed E-state index contributed by atoms with van der Waals surface area (Å²) >= 11 is 0. The lowest BCUT2D eigenvalue weighted by Gasteiger charge is -2.36. The lowest BCUT2D eigenvalue weighted by Crippen LogP contribution is -2.51. The number of carboxylic acids is 1. The van der Waals surface area contributed by atoms with E-state index in [0.29, 0.717) is 39.0 Å². The summed E-state index contributed by atoms with van der Waals surface area (Å²) in [5.74, 6) is -0.937. The summed E-state index contributed by atoms with van der Waals surface area (Å²) in [5, 5.41) is 17.9. The van der Waals surface area contributed by atoms with Crippen LogP contribution in [-0.2, 0) is 9.59 Å². The second-order valence-corrected chi connectivity index (χ2v) is 5.83. The first-order valence-electron chi connectivity index (χ1n) is 7.66. The second kappa shape index (κ2) is 7.72. The van der Waals surface area contributed by atoms with Crippen LogP contribution in [0.15, 0.2) is 0 Å². The fraction of sp³-hybridized carbons (Fsp3) is 0.857. The number of β-amino-alcohol motifs (C(OH)–C–C–N with tert-alkyl or cyclic N) is 1. The van der Waals surface area contributed by atoms with Crippen molar-refractivity contribution in [2.75, 3.05) is 59.0 Å². The summed E-state index contributed by atoms with van der Waals surface area (Å²) in [6.45, 7) is 5.87. The van der Waals surface area contributed by atoms with Crippen molar-refractivity contribution in [3.8, 4) is 0 Å². The van der Waals surface area contributed by atoms with Crippen molar-refractivity contribution in [2.24, 2.45) is 5.92 Å². The number of piperidine rings is 1. The van der Waals surface area contributed by atoms with Crippen molar-refractivity contribution >= 4 is 11.9 Å². The van der Waals surface area contributed by atoms with Crippen LogP contribution >= 0.6 is 0 Å². The smallest absolute Gasteiger partial charge is 0.306 e. The first-order valence-corrected chi connectivity index (χ1v) is 7.66. The largest absolute Gasteiger partial charge is 0.481 e. The molecule has 0 radical (unpaired) electrons. The first kappa shape index (κ1) is 16.2. The van der Waals surface area contributed by atoms with E-state index in [1.54, 1.807) is 4.90 Å². The molecule has 2 rings (SSSR count). The molecule has 2 N–H and O–H groups in total. The lowest BCUT2D eigenvalue weighted by molar-refractivity contribution is -0.146. The third-order valence-electron chi connectivity index (χ3n) is 4.44. The number of rotatable bonds is 5. The molecule has 0 aromatic carbocycles. The molecule has 0 aromatic rings. The van der Waals surface area contributed by atoms with Gasteiger partial charge in [-0.2, -0.15) is 0 Å². The van der Waals surface area contributed by atoms with E-state index in [1.807, 2.05) is 0 Å². The molecule has 21 heavy (non-hydrogen) atoms. The van der Waals surface area contributed by atoms with Crippen LogP contribution in [0.2, 0.25) is 0 Å². The average molecular weight is 299 g/mol. The third-order valence-corrected chi connectivity index (χ3v) is 4.44. The molecule has 7 nitrogen and oxygen atoms in total. The van der Waals surface area contributed by atoms with E-state index >= 15 is 0 Å². The van der Waals surface area contributed by atoms with E-state index in [1.165, 1.54) is 0 Å². The van der Waals surface area contributed by atoms with Crippen LogP contribution in [0.1, 0.15) is 12.8 Å². The number of likely N-dealkylation sites (tertiary alicyclic amines) is 1. The van der Waals surface area contributed by atoms with Crippen molar-refractivity contribution in [3.05, 3.63) is 0 Å². The average Bonchev–Trinajstić information content (AvgIpc) is 2.49. The Balaban J connectivity index is 1.70. The number of nitrogens with zero attached hydrogens (tertiary/aromatic N) is 3. The Morgan fingerprint density at radius 2 is 1.52 bits per heavy atom. The van der Waals surface area contributed by atoms with Crippen LogP contribution < -0.4 is 0 Å². The lowest BCUT2D eigenvalue weighted by atomic mass is 9.97. The van der Waals surface area contributed by atoms with E-state index < -0.39 is 5.97 Å². The van der Waals surface area contributed by atoms with E-state index in [0.717, 1.165) is 26.2 Å². The number of carboxylic acid groups (broad SMARTS) is 1. The van der Waals surface area contributed by atoms with Crippen molar-refractivity contribution in [2.45, 2.75) is 12.8 Å². The standard InChI is InChI=1S/C14H25N3O4/c18-10-9-15-5-7-16(8-6-15)11-13(19)17-3-1-12(2-4-17)14(20)21/h12,18H,1-11H2,(H,20,21). The Morgan fingerprint density at radius 3 is 2.05 bits per heavy atom. The topological polar surface area (TPSA) is 84.3 Å². The van der Waals surface area contributed by atoms with Gasteiger partial charge in [0, 0.05) is 45.8 Å². The molecule has 2 aliphatic rings. The van der Waals surface area contributed by atoms with Crippen molar-refractivity contribution in [3.63, 3.8) is 0 Å². The Labute approximate surface area is 125 Å². The van der Waals surface area contributed by atoms with E-state index in [9.17, 15) is 9.59 Å². The van der Waals surface area contributed by atoms with Crippen molar-refractivity contribution < 1.29 is 19.8 Å². The van der Waals surface area contributed by atoms with Gasteiger partial charge in [0.25, 0.3) is 0 Å². The zero-order valence-electron chi connectivity index (χ0n) is 12.4. The van der Waals surface area contributed by atoms with Gasteiger partial charge in [0.05, 0.1) is 19.1 Å². The van der Waals surface area contributed by atoms with Gasteiger partial charge in [-0.05, 0) is 12.8 Å². The zero-order valence-corrected chi connectivity index (χ0v) is 12.4. The minimum atomic E-state index is -0.748. The number of aliphatic hydroxyl groups excluding tert-OH is 1. The predicted octanol–water partition coefficient (Wildman–Crippen LogP) is -1.08. The van der Waals surface area contributed by atoms with Gasteiger partial charge in [0.2, 0.25) is 5.91 Å². The number of aliphatic carboxylic acids is 1. The summed E-state index contributed by atoms with van der Waals surface area (Å²) in [5.41, 5.74) is 0. The number of hydrogen-bond acceptors (Lipinski definition) is 5. The van der Waals surface area contributed by atoms with Gasteiger partial charge in [-0.25, -0.2) is 0 Å². The molecule has 1 amide bonds. The maximum Gasteiger partial charge on any atom is 0.306 e. The van der Waals surface area contributed by atoms with Crippen LogP contribution in [0.4, 0.5) is 0 Å². The van der Waals surface area contributed by atoms with Gasteiger partial charge >= 0.3 is 5.97 Å². The molecule has 0 unspecified atom stereocenters. The molecule has 2 aliphatic heterocycles. The van der Waals surface area contributed by atoms with E-state index in [-0.39, 0.29) is 18.4 Å². The fourth-order valence-electron chi connectivity index (χ4n) is 2.98. The van der Waals surface area contributed by atoms with Crippen LogP contribution in [0, 0.1) is 5.92 Å². The maximum atomic E-state index is 12.2. The molecule has 2 saturated heterocycles. The number of aliphatic hydroxyl groups is 1. The Morgan fingerprint density at radius 1 is 0.952 bits per heavy atom. The summed E-state index contributed by atoms with van der Waals surface area (Å²) in [7, 11) is 0. The van der Waals surface area contributed by atoms with Crippen LogP contribution in [-0.4, -0.2) is 95.8 Å². The van der Waals surface area contributed by atoms with E-state index in [4.69, 9.17) is 10.2 Å². The molecule has 2 heterocycles. The first-order chi connectivity index (χ1) is 10.1. The van der Waals surface area contributed by atoms with Crippen LogP contribution in [0.25, 0.3) is 0 Å². The highest BCUT2D eigenvalue weighted by atomic mass is 16.4. The molecule has 0 aliphatic carbocycles. The third kappa shape index (κ3) is 4.66. The number of carbonyl (C=O) groups is 2. The normalized spacial score (nSPS) is 22.4. The Hall–Kier alpha value is -1.18. The van der Waals surface area contributed by atoms with Gasteiger partial charge in [-0.15, -0.1) is 0 Å². The minimum absolute atomic E-state index is 0.106. The quantitative estimate of drug-likeness (QED) is 0.672. The second-order valence-electron chi connectivity index (χ2n) is 5.83. The number of piperazine rings is 1. The highest BCUT2D eigenvalue weighted by Crippen LogP contribution is 2.17. The van der Waals surface area contributed by atoms with Crippen molar-refractivity contribution in [1.82, 2.24) is 14.7 Å². The monoisotopic (exact) mass is 299 g/mol. The highest BCUT2D eigenvalue weighted by molar-refractivity contribution is 5.79. The van der Waals surface area contributed by atoms with Gasteiger partial charge in [-0.3, -0.25) is 19.4 Å². The van der Waals surface area contributed by atoms with E-state index in [2.05, 4.69) is 9.80 Å². The molecule has 0 aromatic heterocycles. The van der Waals surface area contributed by atoms with Gasteiger partial charge in [0.1, 0.15) is 0 Å². The molecule has 7 heteroatoms. The van der Waals surface area contributed by atoms with Crippen molar-refractivity contribution in [1.29, 1.82) is 0 Å². The minimum Gasteiger partial charge on any atom is -0.481 e. The van der Waals surface area contributed by atoms with Gasteiger partial charge < -0.3 is 15.1 Å². The Kier molecular flexibility index (Phi) is 5.96. The molecular weight excluding hydrogens is 274 g/mol. The highest BCUT2D eigenvalue weighted by Gasteiger charge is 2.28. The molecular formula is C14H25N3O4. The number of hydrogen-bond donors (Lipinski definition) is 2. The molecule has 0 saturated carbocycles. The summed E-state index contributed by atoms with van der Waals surface area (Å²) < 4.78 is 0. The molecule has 2 fully saturated rings. The molecule has 0 atom stereocenters. The predicted molar refractivity (Wildman–Crippen MR) is 76.9 cm³/mol. The molecule has 120 valence electrons. The zero-order chi connectivity index (χ0) is 15.2. The molecule has 0 bridgehead atoms. The maximum absolute atomic E-state index is 12.2. The fourth-order valence-corrected chi connectivity index (χ4v) is 2.98. The summed E-state index contributed by atoms with van der Waals surface area (Å²) in [4.78, 5) is 29.3. The molecule has 0 spiro atoms. The van der Waals surface area contributed by atoms with Crippen LogP contribution in [0.5, 0.6) is 0 Å². The SMILES string of the molecule is O=C(O)C1CCN(C(=O)CN2CCN(CCO)CC2)CC1. The van der Waals surface area contributed by atoms with Crippen LogP contribution in [0.3, 0.4) is 0 Å². The Bertz CT molecular complexity index is 361. The van der Waals surface area contributed by atoms with Gasteiger partial charge in [0.15, 0.2) is 0 Å². The number of carbonyl (C=O) groups excluding carboxylic acids is 1.